The Kier molecular flexibility index (Phi) is 3.12. The number of aromatic nitrogens is 1. The molecule has 0 atom stereocenters. The Hall–Kier alpha value is -1.97. The molecule has 0 fully saturated rings. The molecule has 0 spiro atoms. The quantitative estimate of drug-likeness (QED) is 0.442. The highest BCUT2D eigenvalue weighted by Gasteiger charge is 2.11. The molecule has 1 N–H and O–H groups in total. The number of carbonyl (C=O) groups excluding carboxylic acids is 1. The molecule has 0 saturated carbocycles. The number of carboxylic acid groups (broad SMARTS) is 1. The highest BCUT2D eigenvalue weighted by atomic mass is 16.4. The van der Waals surface area contributed by atoms with Gasteiger partial charge in [-0.15, -0.1) is 0 Å². The third-order valence-corrected chi connectivity index (χ3v) is 1.61. The molecule has 1 aromatic rings. The summed E-state index contributed by atoms with van der Waals surface area (Å²) in [5.74, 6) is -1.69. The van der Waals surface area contributed by atoms with Gasteiger partial charge in [0.25, 0.3) is 0 Å². The van der Waals surface area contributed by atoms with E-state index in [1.807, 2.05) is 0 Å². The van der Waals surface area contributed by atoms with E-state index in [9.17, 15) is 9.59 Å². The van der Waals surface area contributed by atoms with Gasteiger partial charge in [-0.05, 0) is 24.6 Å². The maximum Gasteiger partial charge on any atom is 0.339 e. The zero-order valence-electron chi connectivity index (χ0n) is 7.60. The van der Waals surface area contributed by atoms with E-state index in [0.29, 0.717) is 5.56 Å². The predicted octanol–water partition coefficient (Wildman–Crippen LogP) is 1.14. The summed E-state index contributed by atoms with van der Waals surface area (Å²) < 4.78 is 0. The van der Waals surface area contributed by atoms with Gasteiger partial charge in [0.2, 0.25) is 0 Å². The monoisotopic (exact) mass is 191 g/mol. The lowest BCUT2D eigenvalue weighted by Gasteiger charge is -1.96. The van der Waals surface area contributed by atoms with E-state index in [0.717, 1.165) is 0 Å². The van der Waals surface area contributed by atoms with Crippen LogP contribution in [0.5, 0.6) is 0 Å². The number of pyridine rings is 1. The number of rotatable bonds is 3. The fourth-order valence-corrected chi connectivity index (χ4v) is 0.942. The number of hydrogen-bond acceptors (Lipinski definition) is 3. The van der Waals surface area contributed by atoms with Gasteiger partial charge in [0, 0.05) is 12.4 Å². The normalized spacial score (nSPS) is 11.1. The second kappa shape index (κ2) is 4.32. The molecule has 1 aromatic heterocycles. The van der Waals surface area contributed by atoms with Crippen LogP contribution in [0.25, 0.3) is 6.08 Å². The molecule has 1 heterocycles. The maximum absolute atomic E-state index is 10.9. The lowest BCUT2D eigenvalue weighted by Crippen LogP contribution is -2.08. The number of carboxylic acids is 1. The fourth-order valence-electron chi connectivity index (χ4n) is 0.942. The smallest absolute Gasteiger partial charge is 0.339 e. The standard InChI is InChI=1S/C10H9NO3/c1-7(12)9(10(13)14)5-8-3-2-4-11-6-8/h2-6H,1H3,(H,13,14)/b9-5-. The van der Waals surface area contributed by atoms with Crippen molar-refractivity contribution in [1.29, 1.82) is 0 Å². The molecule has 0 unspecified atom stereocenters. The Labute approximate surface area is 80.9 Å². The van der Waals surface area contributed by atoms with Crippen LogP contribution in [0.15, 0.2) is 30.1 Å². The van der Waals surface area contributed by atoms with E-state index in [1.165, 1.54) is 19.2 Å². The number of Topliss-reactive ketones (excluding diaryl/α,β-unsaturated/α-hetero) is 1. The molecular weight excluding hydrogens is 182 g/mol. The Morgan fingerprint density at radius 2 is 2.21 bits per heavy atom. The summed E-state index contributed by atoms with van der Waals surface area (Å²) in [7, 11) is 0. The Balaban J connectivity index is 3.06. The number of nitrogens with zero attached hydrogens (tertiary/aromatic N) is 1. The fraction of sp³-hybridized carbons (Fsp3) is 0.100. The Morgan fingerprint density at radius 3 is 2.64 bits per heavy atom. The second-order valence-corrected chi connectivity index (χ2v) is 2.71. The van der Waals surface area contributed by atoms with Crippen LogP contribution >= 0.6 is 0 Å². The van der Waals surface area contributed by atoms with Gasteiger partial charge in [-0.1, -0.05) is 6.07 Å². The van der Waals surface area contributed by atoms with Crippen molar-refractivity contribution in [3.63, 3.8) is 0 Å². The van der Waals surface area contributed by atoms with Crippen LogP contribution in [0.4, 0.5) is 0 Å². The molecular formula is C10H9NO3. The third kappa shape index (κ3) is 2.52. The molecule has 0 radical (unpaired) electrons. The van der Waals surface area contributed by atoms with Gasteiger partial charge in [-0.2, -0.15) is 0 Å². The minimum Gasteiger partial charge on any atom is -0.478 e. The SMILES string of the molecule is CC(=O)/C(=C/c1cccnc1)C(=O)O. The van der Waals surface area contributed by atoms with E-state index < -0.39 is 11.8 Å². The van der Waals surface area contributed by atoms with E-state index in [-0.39, 0.29) is 5.57 Å². The molecule has 0 aliphatic heterocycles. The van der Waals surface area contributed by atoms with Crippen molar-refractivity contribution in [2.75, 3.05) is 0 Å². The molecule has 14 heavy (non-hydrogen) atoms. The van der Waals surface area contributed by atoms with Crippen LogP contribution in [-0.2, 0) is 9.59 Å². The first-order valence-electron chi connectivity index (χ1n) is 3.97. The number of ketones is 1. The first kappa shape index (κ1) is 10.1. The van der Waals surface area contributed by atoms with Crippen molar-refractivity contribution in [2.45, 2.75) is 6.92 Å². The molecule has 4 heteroatoms. The zero-order valence-corrected chi connectivity index (χ0v) is 7.60. The summed E-state index contributed by atoms with van der Waals surface area (Å²) in [5.41, 5.74) is 0.359. The summed E-state index contributed by atoms with van der Waals surface area (Å²) in [6.07, 6.45) is 4.37. The van der Waals surface area contributed by atoms with Gasteiger partial charge >= 0.3 is 5.97 Å². The van der Waals surface area contributed by atoms with E-state index in [4.69, 9.17) is 5.11 Å². The lowest BCUT2D eigenvalue weighted by atomic mass is 10.1. The second-order valence-electron chi connectivity index (χ2n) is 2.71. The van der Waals surface area contributed by atoms with Gasteiger partial charge in [0.15, 0.2) is 5.78 Å². The van der Waals surface area contributed by atoms with Gasteiger partial charge in [-0.3, -0.25) is 9.78 Å². The summed E-state index contributed by atoms with van der Waals surface area (Å²) in [6, 6.07) is 3.35. The van der Waals surface area contributed by atoms with Crippen LogP contribution in [0.3, 0.4) is 0 Å². The summed E-state index contributed by atoms with van der Waals surface area (Å²) in [6.45, 7) is 1.22. The molecule has 0 aromatic carbocycles. The number of aliphatic carboxylic acids is 1. The molecule has 0 saturated heterocycles. The van der Waals surface area contributed by atoms with Crippen molar-refractivity contribution in [3.8, 4) is 0 Å². The molecule has 1 rings (SSSR count). The van der Waals surface area contributed by atoms with Crippen LogP contribution < -0.4 is 0 Å². The zero-order chi connectivity index (χ0) is 10.6. The van der Waals surface area contributed by atoms with Crippen LogP contribution in [0, 0.1) is 0 Å². The van der Waals surface area contributed by atoms with Crippen molar-refractivity contribution in [1.82, 2.24) is 4.98 Å². The van der Waals surface area contributed by atoms with Crippen molar-refractivity contribution in [3.05, 3.63) is 35.7 Å². The van der Waals surface area contributed by atoms with Gasteiger partial charge in [-0.25, -0.2) is 4.79 Å². The van der Waals surface area contributed by atoms with Crippen LogP contribution in [-0.4, -0.2) is 21.8 Å². The number of hydrogen-bond donors (Lipinski definition) is 1. The summed E-state index contributed by atoms with van der Waals surface area (Å²) >= 11 is 0. The van der Waals surface area contributed by atoms with Gasteiger partial charge < -0.3 is 5.11 Å². The lowest BCUT2D eigenvalue weighted by molar-refractivity contribution is -0.134. The number of carbonyl (C=O) groups is 2. The largest absolute Gasteiger partial charge is 0.478 e. The minimum absolute atomic E-state index is 0.238. The molecule has 72 valence electrons. The van der Waals surface area contributed by atoms with E-state index in [1.54, 1.807) is 18.3 Å². The first-order valence-corrected chi connectivity index (χ1v) is 3.97. The first-order chi connectivity index (χ1) is 6.61. The highest BCUT2D eigenvalue weighted by Crippen LogP contribution is 2.06. The van der Waals surface area contributed by atoms with E-state index >= 15 is 0 Å². The highest BCUT2D eigenvalue weighted by molar-refractivity contribution is 6.19. The molecule has 0 aliphatic carbocycles. The van der Waals surface area contributed by atoms with Crippen molar-refractivity contribution < 1.29 is 14.7 Å². The van der Waals surface area contributed by atoms with Crippen molar-refractivity contribution in [2.24, 2.45) is 0 Å². The molecule has 0 bridgehead atoms. The van der Waals surface area contributed by atoms with Crippen LogP contribution in [0.1, 0.15) is 12.5 Å². The average molecular weight is 191 g/mol. The topological polar surface area (TPSA) is 67.3 Å². The molecule has 4 nitrogen and oxygen atoms in total. The van der Waals surface area contributed by atoms with Crippen LogP contribution in [0.2, 0.25) is 0 Å². The molecule has 0 aliphatic rings. The summed E-state index contributed by atoms with van der Waals surface area (Å²) in [5, 5.41) is 8.70. The van der Waals surface area contributed by atoms with Gasteiger partial charge in [0.1, 0.15) is 5.57 Å². The summed E-state index contributed by atoms with van der Waals surface area (Å²) in [4.78, 5) is 25.4. The van der Waals surface area contributed by atoms with Gasteiger partial charge in [0.05, 0.1) is 0 Å². The third-order valence-electron chi connectivity index (χ3n) is 1.61. The minimum atomic E-state index is -1.22. The van der Waals surface area contributed by atoms with E-state index in [2.05, 4.69) is 4.98 Å². The molecule has 0 amide bonds. The maximum atomic E-state index is 10.9. The predicted molar refractivity (Wildman–Crippen MR) is 50.5 cm³/mol. The Bertz CT molecular complexity index is 366. The van der Waals surface area contributed by atoms with Crippen molar-refractivity contribution >= 4 is 17.8 Å². The average Bonchev–Trinajstić information content (AvgIpc) is 2.15. The Morgan fingerprint density at radius 1 is 1.50 bits per heavy atom.